The molecule has 0 amide bonds. The van der Waals surface area contributed by atoms with E-state index in [-0.39, 0.29) is 11.0 Å². The Morgan fingerprint density at radius 2 is 2.00 bits per heavy atom. The summed E-state index contributed by atoms with van der Waals surface area (Å²) >= 11 is 2.05. The third-order valence-electron chi connectivity index (χ3n) is 2.73. The topological polar surface area (TPSA) is 58.6 Å². The van der Waals surface area contributed by atoms with Gasteiger partial charge < -0.3 is 4.98 Å². The third kappa shape index (κ3) is 3.02. The average Bonchev–Trinajstić information content (AvgIpc) is 2.31. The van der Waals surface area contributed by atoms with E-state index < -0.39 is 0 Å². The smallest absolute Gasteiger partial charge is 0.264 e. The molecule has 5 heteroatoms. The lowest BCUT2D eigenvalue weighted by molar-refractivity contribution is 0.562. The van der Waals surface area contributed by atoms with Gasteiger partial charge in [-0.2, -0.15) is 0 Å². The van der Waals surface area contributed by atoms with Gasteiger partial charge in [-0.15, -0.1) is 0 Å². The average molecular weight is 369 g/mol. The van der Waals surface area contributed by atoms with Gasteiger partial charge in [-0.25, -0.2) is 4.98 Å². The molecule has 0 aromatic carbocycles. The number of hydrogen-bond acceptors (Lipinski definition) is 3. The van der Waals surface area contributed by atoms with Crippen LogP contribution in [-0.4, -0.2) is 15.0 Å². The largest absolute Gasteiger partial charge is 0.304 e. The minimum Gasteiger partial charge on any atom is -0.304 e. The van der Waals surface area contributed by atoms with Crippen molar-refractivity contribution in [1.82, 2.24) is 15.0 Å². The van der Waals surface area contributed by atoms with E-state index in [2.05, 4.69) is 15.0 Å². The number of halogens is 1. The molecule has 0 aliphatic heterocycles. The number of rotatable bonds is 1. The Labute approximate surface area is 125 Å². The molecular formula is C14H16IN3O. The van der Waals surface area contributed by atoms with E-state index in [1.54, 1.807) is 6.20 Å². The first-order valence-electron chi connectivity index (χ1n) is 6.02. The number of aryl methyl sites for hydroxylation is 1. The van der Waals surface area contributed by atoms with Crippen LogP contribution in [0.2, 0.25) is 0 Å². The summed E-state index contributed by atoms with van der Waals surface area (Å²) in [6.45, 7) is 8.12. The molecule has 1 N–H and O–H groups in total. The lowest BCUT2D eigenvalue weighted by Crippen LogP contribution is -2.24. The number of H-pyrrole nitrogens is 1. The van der Waals surface area contributed by atoms with Crippen molar-refractivity contribution in [1.29, 1.82) is 0 Å². The normalized spacial score (nSPS) is 11.6. The summed E-state index contributed by atoms with van der Waals surface area (Å²) in [5.41, 5.74) is 2.29. The Kier molecular flexibility index (Phi) is 3.75. The van der Waals surface area contributed by atoms with Crippen LogP contribution in [0.5, 0.6) is 0 Å². The second-order valence-electron chi connectivity index (χ2n) is 5.55. The van der Waals surface area contributed by atoms with Gasteiger partial charge >= 0.3 is 0 Å². The Hall–Kier alpha value is -1.24. The molecule has 0 bridgehead atoms. The Bertz CT molecular complexity index is 671. The SMILES string of the molecule is Cc1ccnc(-c2nc(C(C)(C)C)c(I)c(=O)[nH]2)c1. The van der Waals surface area contributed by atoms with Crippen molar-refractivity contribution in [2.75, 3.05) is 0 Å². The molecule has 0 unspecified atom stereocenters. The summed E-state index contributed by atoms with van der Waals surface area (Å²) in [6, 6.07) is 3.83. The van der Waals surface area contributed by atoms with Gasteiger partial charge in [0.25, 0.3) is 5.56 Å². The van der Waals surface area contributed by atoms with Crippen molar-refractivity contribution >= 4 is 22.6 Å². The molecule has 2 heterocycles. The van der Waals surface area contributed by atoms with Crippen molar-refractivity contribution in [2.45, 2.75) is 33.1 Å². The molecule has 0 saturated heterocycles. The van der Waals surface area contributed by atoms with E-state index in [0.717, 1.165) is 11.3 Å². The summed E-state index contributed by atoms with van der Waals surface area (Å²) in [4.78, 5) is 23.7. The van der Waals surface area contributed by atoms with Crippen molar-refractivity contribution in [3.8, 4) is 11.5 Å². The number of aromatic amines is 1. The first-order chi connectivity index (χ1) is 8.79. The standard InChI is InChI=1S/C14H16IN3O/c1-8-5-6-16-9(7-8)12-17-11(14(2,3)4)10(15)13(19)18-12/h5-7H,1-4H3,(H,17,18,19). The van der Waals surface area contributed by atoms with Crippen LogP contribution in [0.1, 0.15) is 32.0 Å². The minimum atomic E-state index is -0.177. The van der Waals surface area contributed by atoms with Gasteiger partial charge in [0.2, 0.25) is 0 Å². The lowest BCUT2D eigenvalue weighted by atomic mass is 9.92. The fourth-order valence-corrected chi connectivity index (χ4v) is 2.81. The van der Waals surface area contributed by atoms with Crippen LogP contribution in [0, 0.1) is 10.5 Å². The van der Waals surface area contributed by atoms with Crippen LogP contribution in [0.4, 0.5) is 0 Å². The highest BCUT2D eigenvalue weighted by Gasteiger charge is 2.22. The predicted octanol–water partition coefficient (Wildman–Crippen LogP) is 3.04. The maximum Gasteiger partial charge on any atom is 0.264 e. The molecule has 100 valence electrons. The molecular weight excluding hydrogens is 353 g/mol. The van der Waals surface area contributed by atoms with Gasteiger partial charge in [-0.3, -0.25) is 9.78 Å². The van der Waals surface area contributed by atoms with Gasteiger partial charge in [-0.1, -0.05) is 20.8 Å². The molecule has 0 aliphatic carbocycles. The van der Waals surface area contributed by atoms with Crippen molar-refractivity contribution < 1.29 is 0 Å². The number of pyridine rings is 1. The van der Waals surface area contributed by atoms with Crippen LogP contribution in [0.25, 0.3) is 11.5 Å². The monoisotopic (exact) mass is 369 g/mol. The third-order valence-corrected chi connectivity index (χ3v) is 3.73. The zero-order valence-electron chi connectivity index (χ0n) is 11.4. The highest BCUT2D eigenvalue weighted by Crippen LogP contribution is 2.24. The second kappa shape index (κ2) is 5.03. The van der Waals surface area contributed by atoms with Crippen LogP contribution in [-0.2, 0) is 5.41 Å². The summed E-state index contributed by atoms with van der Waals surface area (Å²) in [5.74, 6) is 0.527. The number of aromatic nitrogens is 3. The second-order valence-corrected chi connectivity index (χ2v) is 6.62. The van der Waals surface area contributed by atoms with E-state index >= 15 is 0 Å². The maximum absolute atomic E-state index is 12.0. The Morgan fingerprint density at radius 3 is 2.58 bits per heavy atom. The molecule has 0 spiro atoms. The number of nitrogens with one attached hydrogen (secondary N) is 1. The molecule has 0 radical (unpaired) electrons. The van der Waals surface area contributed by atoms with Gasteiger partial charge in [0.05, 0.1) is 5.69 Å². The van der Waals surface area contributed by atoms with Crippen molar-refractivity contribution in [2.24, 2.45) is 0 Å². The first kappa shape index (κ1) is 14.2. The van der Waals surface area contributed by atoms with Crippen LogP contribution >= 0.6 is 22.6 Å². The summed E-state index contributed by atoms with van der Waals surface area (Å²) in [6.07, 6.45) is 1.72. The summed E-state index contributed by atoms with van der Waals surface area (Å²) < 4.78 is 0.640. The molecule has 2 aromatic heterocycles. The highest BCUT2D eigenvalue weighted by molar-refractivity contribution is 14.1. The van der Waals surface area contributed by atoms with E-state index in [1.165, 1.54) is 0 Å². The molecule has 0 aliphatic rings. The molecule has 0 atom stereocenters. The van der Waals surface area contributed by atoms with E-state index in [0.29, 0.717) is 15.1 Å². The highest BCUT2D eigenvalue weighted by atomic mass is 127. The van der Waals surface area contributed by atoms with Crippen molar-refractivity contribution in [3.05, 3.63) is 43.5 Å². The zero-order valence-corrected chi connectivity index (χ0v) is 13.6. The van der Waals surface area contributed by atoms with Gasteiger partial charge in [0.1, 0.15) is 9.26 Å². The molecule has 4 nitrogen and oxygen atoms in total. The quantitative estimate of drug-likeness (QED) is 0.787. The van der Waals surface area contributed by atoms with E-state index in [9.17, 15) is 4.79 Å². The van der Waals surface area contributed by atoms with Crippen LogP contribution < -0.4 is 5.56 Å². The van der Waals surface area contributed by atoms with Gasteiger partial charge in [0.15, 0.2) is 5.82 Å². The molecule has 0 saturated carbocycles. The summed E-state index contributed by atoms with van der Waals surface area (Å²) in [5, 5.41) is 0. The fourth-order valence-electron chi connectivity index (χ4n) is 1.74. The zero-order chi connectivity index (χ0) is 14.2. The Morgan fingerprint density at radius 1 is 1.32 bits per heavy atom. The molecule has 2 aromatic rings. The van der Waals surface area contributed by atoms with Gasteiger partial charge in [-0.05, 0) is 47.2 Å². The number of hydrogen-bond donors (Lipinski definition) is 1. The van der Waals surface area contributed by atoms with Gasteiger partial charge in [0, 0.05) is 11.6 Å². The first-order valence-corrected chi connectivity index (χ1v) is 7.10. The summed E-state index contributed by atoms with van der Waals surface area (Å²) in [7, 11) is 0. The van der Waals surface area contributed by atoms with Crippen molar-refractivity contribution in [3.63, 3.8) is 0 Å². The number of nitrogens with zero attached hydrogens (tertiary/aromatic N) is 2. The van der Waals surface area contributed by atoms with E-state index in [4.69, 9.17) is 0 Å². The predicted molar refractivity (Wildman–Crippen MR) is 84.2 cm³/mol. The molecule has 2 rings (SSSR count). The lowest BCUT2D eigenvalue weighted by Gasteiger charge is -2.19. The molecule has 19 heavy (non-hydrogen) atoms. The van der Waals surface area contributed by atoms with Crippen LogP contribution in [0.3, 0.4) is 0 Å². The van der Waals surface area contributed by atoms with E-state index in [1.807, 2.05) is 62.4 Å². The Balaban J connectivity index is 2.67. The molecule has 0 fully saturated rings. The fraction of sp³-hybridized carbons (Fsp3) is 0.357. The maximum atomic E-state index is 12.0. The minimum absolute atomic E-state index is 0.112. The van der Waals surface area contributed by atoms with Crippen LogP contribution in [0.15, 0.2) is 23.1 Å².